The number of imidazole rings is 1. The number of fused-ring (bicyclic) bond motifs is 4. The van der Waals surface area contributed by atoms with Crippen LogP contribution in [0, 0.1) is 0 Å². The zero-order chi connectivity index (χ0) is 33.0. The van der Waals surface area contributed by atoms with Crippen LogP contribution in [0.3, 0.4) is 0 Å². The van der Waals surface area contributed by atoms with Gasteiger partial charge in [-0.05, 0) is 77.2 Å². The van der Waals surface area contributed by atoms with Gasteiger partial charge in [0, 0.05) is 58.4 Å². The van der Waals surface area contributed by atoms with Crippen molar-refractivity contribution in [3.63, 3.8) is 0 Å². The number of para-hydroxylation sites is 3. The number of nitrogens with zero attached hydrogens (tertiary/aromatic N) is 4. The van der Waals surface area contributed by atoms with Gasteiger partial charge in [-0.15, -0.1) is 0 Å². The molecular formula is C40H33N4O+. The predicted octanol–water partition coefficient (Wildman–Crippen LogP) is 10.3. The number of benzene rings is 5. The van der Waals surface area contributed by atoms with Gasteiger partial charge in [-0.25, -0.2) is 9.55 Å². The lowest BCUT2D eigenvalue weighted by Gasteiger charge is -2.14. The molecule has 5 aromatic carbocycles. The van der Waals surface area contributed by atoms with Crippen molar-refractivity contribution >= 4 is 32.8 Å². The fourth-order valence-corrected chi connectivity index (χ4v) is 6.38. The smallest absolute Gasteiger partial charge is 0.191 e. The van der Waals surface area contributed by atoms with Crippen molar-refractivity contribution in [1.29, 1.82) is 0 Å². The van der Waals surface area contributed by atoms with Crippen LogP contribution >= 0.6 is 0 Å². The summed E-state index contributed by atoms with van der Waals surface area (Å²) < 4.78 is 36.0. The maximum Gasteiger partial charge on any atom is 0.191 e. The molecule has 0 fully saturated rings. The van der Waals surface area contributed by atoms with E-state index in [1.807, 2.05) is 65.4 Å². The van der Waals surface area contributed by atoms with Crippen LogP contribution in [0.1, 0.15) is 29.4 Å². The Balaban J connectivity index is 1.22. The van der Waals surface area contributed by atoms with E-state index in [0.717, 1.165) is 44.4 Å². The normalized spacial score (nSPS) is 12.9. The van der Waals surface area contributed by atoms with E-state index in [4.69, 9.17) is 13.8 Å². The van der Waals surface area contributed by atoms with Gasteiger partial charge in [0.1, 0.15) is 23.0 Å². The Labute approximate surface area is 266 Å². The Morgan fingerprint density at radius 2 is 1.44 bits per heavy atom. The summed E-state index contributed by atoms with van der Waals surface area (Å²) in [6.07, 6.45) is 3.51. The molecule has 0 atom stereocenters. The quantitative estimate of drug-likeness (QED) is 0.181. The Hall–Kier alpha value is -5.68. The van der Waals surface area contributed by atoms with E-state index in [0.29, 0.717) is 22.9 Å². The molecule has 0 saturated carbocycles. The second-order valence-corrected chi connectivity index (χ2v) is 11.6. The van der Waals surface area contributed by atoms with Crippen molar-refractivity contribution in [3.8, 4) is 34.1 Å². The zero-order valence-corrected chi connectivity index (χ0v) is 25.1. The van der Waals surface area contributed by atoms with Crippen molar-refractivity contribution in [2.45, 2.75) is 19.8 Å². The molecule has 0 aliphatic carbocycles. The first kappa shape index (κ1) is 23.7. The van der Waals surface area contributed by atoms with Crippen molar-refractivity contribution in [2.24, 2.45) is 6.98 Å². The minimum Gasteiger partial charge on any atom is -0.456 e. The van der Waals surface area contributed by atoms with E-state index in [-0.39, 0.29) is 0 Å². The molecule has 45 heavy (non-hydrogen) atoms. The molecule has 8 rings (SSSR count). The van der Waals surface area contributed by atoms with Crippen LogP contribution < -0.4 is 4.74 Å². The van der Waals surface area contributed by atoms with Gasteiger partial charge < -0.3 is 4.74 Å². The lowest BCUT2D eigenvalue weighted by Crippen LogP contribution is -1.99. The molecular weight excluding hydrogens is 552 g/mol. The van der Waals surface area contributed by atoms with Crippen LogP contribution in [0.25, 0.3) is 55.5 Å². The third-order valence-corrected chi connectivity index (χ3v) is 8.48. The fourth-order valence-electron chi connectivity index (χ4n) is 6.38. The minimum atomic E-state index is -2.31. The van der Waals surface area contributed by atoms with Crippen LogP contribution in [0.15, 0.2) is 140 Å². The first-order valence-electron chi connectivity index (χ1n) is 16.7. The van der Waals surface area contributed by atoms with Crippen LogP contribution in [-0.4, -0.2) is 18.7 Å². The minimum absolute atomic E-state index is 0.392. The summed E-state index contributed by atoms with van der Waals surface area (Å²) in [7, 11) is 0. The molecule has 5 nitrogen and oxygen atoms in total. The zero-order valence-electron chi connectivity index (χ0n) is 28.1. The van der Waals surface area contributed by atoms with Crippen LogP contribution in [0.4, 0.5) is 0 Å². The molecule has 8 aromatic rings. The number of hydrogen-bond acceptors (Lipinski definition) is 2. The molecule has 0 aliphatic rings. The van der Waals surface area contributed by atoms with E-state index in [1.165, 1.54) is 15.7 Å². The fraction of sp³-hybridized carbons (Fsp3) is 0.100. The highest BCUT2D eigenvalue weighted by Gasteiger charge is 2.18. The van der Waals surface area contributed by atoms with Gasteiger partial charge in [0.2, 0.25) is 0 Å². The summed E-state index contributed by atoms with van der Waals surface area (Å²) in [5.41, 5.74) is 7.91. The SMILES string of the molecule is [2H]C([2H])([2H])n1[cH+]n(-c2cccc(Oc3ccc4c5ccccc5n(-c5cc(-c6ccccc6C(C)C)ccn5)c4c3)c2)c2ccccc21. The largest absolute Gasteiger partial charge is 0.456 e. The van der Waals surface area contributed by atoms with Gasteiger partial charge in [-0.2, -0.15) is 4.57 Å². The second kappa shape index (κ2) is 10.8. The molecule has 0 spiro atoms. The van der Waals surface area contributed by atoms with Gasteiger partial charge >= 0.3 is 0 Å². The number of hydrogen-bond donors (Lipinski definition) is 0. The molecule has 0 N–H and O–H groups in total. The first-order chi connectivity index (χ1) is 23.3. The molecule has 0 bridgehead atoms. The molecule has 218 valence electrons. The molecule has 0 saturated heterocycles. The van der Waals surface area contributed by atoms with E-state index in [2.05, 4.69) is 91.2 Å². The number of aryl methyl sites for hydroxylation is 1. The van der Waals surface area contributed by atoms with E-state index >= 15 is 0 Å². The number of ether oxygens (including phenoxy) is 1. The average molecular weight is 589 g/mol. The molecule has 0 radical (unpaired) electrons. The number of pyridine rings is 1. The van der Waals surface area contributed by atoms with Crippen LogP contribution in [0.5, 0.6) is 11.5 Å². The Bertz CT molecular complexity index is 2470. The first-order valence-corrected chi connectivity index (χ1v) is 15.2. The summed E-state index contributed by atoms with van der Waals surface area (Å²) in [6, 6.07) is 42.5. The highest BCUT2D eigenvalue weighted by Crippen LogP contribution is 2.37. The molecule has 3 aromatic heterocycles. The third-order valence-electron chi connectivity index (χ3n) is 8.48. The highest BCUT2D eigenvalue weighted by molar-refractivity contribution is 6.09. The Morgan fingerprint density at radius 3 is 2.31 bits per heavy atom. The molecule has 3 heterocycles. The number of rotatable bonds is 6. The van der Waals surface area contributed by atoms with Crippen molar-refractivity contribution in [2.75, 3.05) is 0 Å². The average Bonchev–Trinajstić information content (AvgIpc) is 3.65. The molecule has 0 unspecified atom stereocenters. The maximum absolute atomic E-state index is 8.04. The van der Waals surface area contributed by atoms with Crippen molar-refractivity contribution < 1.29 is 8.85 Å². The summed E-state index contributed by atoms with van der Waals surface area (Å²) in [4.78, 5) is 4.86. The van der Waals surface area contributed by atoms with Crippen molar-refractivity contribution in [3.05, 3.63) is 145 Å². The summed E-state index contributed by atoms with van der Waals surface area (Å²) in [5.74, 6) is 2.54. The van der Waals surface area contributed by atoms with Gasteiger partial charge in [0.15, 0.2) is 17.4 Å². The summed E-state index contributed by atoms with van der Waals surface area (Å²) >= 11 is 0. The Morgan fingerprint density at radius 1 is 0.689 bits per heavy atom. The highest BCUT2D eigenvalue weighted by atomic mass is 16.5. The standard InChI is InChI=1S/C40H33N4O/c1-27(2)32-13-4-5-14-33(32)28-21-22-41-40(23-28)44-36-16-7-6-15-34(36)35-20-19-31(25-39(35)44)45-30-12-10-11-29(24-30)43-26-42(3)37-17-8-9-18-38(37)43/h4-27H,1-3H3/q+1/i3D3. The van der Waals surface area contributed by atoms with Crippen LogP contribution in [0.2, 0.25) is 0 Å². The van der Waals surface area contributed by atoms with E-state index < -0.39 is 6.98 Å². The van der Waals surface area contributed by atoms with E-state index in [9.17, 15) is 0 Å². The lowest BCUT2D eigenvalue weighted by molar-refractivity contribution is 0.483. The Kier molecular flexibility index (Phi) is 5.69. The lowest BCUT2D eigenvalue weighted by atomic mass is 9.93. The van der Waals surface area contributed by atoms with Gasteiger partial charge in [-0.1, -0.05) is 56.3 Å². The second-order valence-electron chi connectivity index (χ2n) is 11.6. The van der Waals surface area contributed by atoms with Gasteiger partial charge in [0.25, 0.3) is 0 Å². The third kappa shape index (κ3) is 4.64. The maximum atomic E-state index is 8.04. The molecule has 0 aliphatic heterocycles. The summed E-state index contributed by atoms with van der Waals surface area (Å²) in [5, 5.41) is 2.24. The van der Waals surface area contributed by atoms with Gasteiger partial charge in [-0.3, -0.25) is 4.57 Å². The topological polar surface area (TPSA) is 36.9 Å². The van der Waals surface area contributed by atoms with E-state index in [1.54, 1.807) is 6.33 Å². The van der Waals surface area contributed by atoms with Crippen LogP contribution in [-0.2, 0) is 6.98 Å². The number of aromatic nitrogens is 4. The van der Waals surface area contributed by atoms with Crippen molar-refractivity contribution in [1.82, 2.24) is 18.7 Å². The molecule has 0 amide bonds. The summed E-state index contributed by atoms with van der Waals surface area (Å²) in [6.45, 7) is 2.14. The molecule has 5 heteroatoms. The predicted molar refractivity (Wildman–Crippen MR) is 185 cm³/mol. The van der Waals surface area contributed by atoms with Gasteiger partial charge in [0.05, 0.1) is 11.0 Å². The monoisotopic (exact) mass is 588 g/mol.